The van der Waals surface area contributed by atoms with E-state index in [4.69, 9.17) is 0 Å². The second-order valence-corrected chi connectivity index (χ2v) is 10.0. The number of urea groups is 1. The molecule has 0 spiro atoms. The molecule has 2 aliphatic heterocycles. The number of aromatic nitrogens is 2. The van der Waals surface area contributed by atoms with E-state index >= 15 is 0 Å². The lowest BCUT2D eigenvalue weighted by Gasteiger charge is -2.32. The van der Waals surface area contributed by atoms with Gasteiger partial charge in [-0.3, -0.25) is 4.79 Å². The molecule has 7 nitrogen and oxygen atoms in total. The number of nitrogens with zero attached hydrogens (tertiary/aromatic N) is 4. The minimum Gasteiger partial charge on any atom is -0.339 e. The Balaban J connectivity index is 1.25. The molecule has 184 valence electrons. The largest absolute Gasteiger partial charge is 0.339 e. The minimum absolute atomic E-state index is 0.0284. The highest BCUT2D eigenvalue weighted by atomic mass is 16.2. The number of aryl methyl sites for hydroxylation is 1. The molecule has 0 unspecified atom stereocenters. The van der Waals surface area contributed by atoms with Crippen molar-refractivity contribution in [1.29, 1.82) is 0 Å². The number of nitrogens with one attached hydrogen (secondary N) is 1. The number of piperidine rings is 2. The highest BCUT2D eigenvalue weighted by Crippen LogP contribution is 2.30. The predicted octanol–water partition coefficient (Wildman–Crippen LogP) is 5.18. The Morgan fingerprint density at radius 1 is 1.00 bits per heavy atom. The van der Waals surface area contributed by atoms with E-state index in [0.29, 0.717) is 30.5 Å². The number of likely N-dealkylation sites (tertiary alicyclic amines) is 2. The SMILES string of the molecule is CCc1ccccc1NC(=O)N1CCC(c2ccn3ncc(C(=O)N4CCC(C)CC4)c3c2)CC1. The van der Waals surface area contributed by atoms with Gasteiger partial charge in [0.2, 0.25) is 0 Å². The van der Waals surface area contributed by atoms with E-state index in [0.717, 1.165) is 62.0 Å². The zero-order chi connectivity index (χ0) is 24.4. The van der Waals surface area contributed by atoms with Crippen LogP contribution < -0.4 is 5.32 Å². The first-order valence-electron chi connectivity index (χ1n) is 12.9. The minimum atomic E-state index is -0.0284. The maximum Gasteiger partial charge on any atom is 0.321 e. The van der Waals surface area contributed by atoms with Crippen LogP contribution in [0.3, 0.4) is 0 Å². The molecule has 1 N–H and O–H groups in total. The Morgan fingerprint density at radius 3 is 2.46 bits per heavy atom. The number of hydrogen-bond donors (Lipinski definition) is 1. The van der Waals surface area contributed by atoms with E-state index in [1.54, 1.807) is 10.7 Å². The summed E-state index contributed by atoms with van der Waals surface area (Å²) in [6.07, 6.45) is 8.48. The molecule has 4 heterocycles. The highest BCUT2D eigenvalue weighted by molar-refractivity contribution is 6.00. The third kappa shape index (κ3) is 4.90. The van der Waals surface area contributed by atoms with Crippen LogP contribution in [0.1, 0.15) is 66.9 Å². The van der Waals surface area contributed by atoms with Gasteiger partial charge in [-0.25, -0.2) is 9.31 Å². The van der Waals surface area contributed by atoms with Crippen molar-refractivity contribution in [3.8, 4) is 0 Å². The lowest BCUT2D eigenvalue weighted by Crippen LogP contribution is -2.40. The molecule has 35 heavy (non-hydrogen) atoms. The standard InChI is InChI=1S/C28H35N5O2/c1-3-21-6-4-5-7-25(21)30-28(35)32-15-10-22(11-16-32)23-12-17-33-26(18-23)24(19-29-33)27(34)31-13-8-20(2)9-14-31/h4-7,12,17-20,22H,3,8-11,13-16H2,1-2H3,(H,30,35). The molecule has 1 aromatic carbocycles. The van der Waals surface area contributed by atoms with Crippen molar-refractivity contribution in [2.24, 2.45) is 5.92 Å². The lowest BCUT2D eigenvalue weighted by molar-refractivity contribution is 0.0699. The fourth-order valence-electron chi connectivity index (χ4n) is 5.36. The molecule has 2 fully saturated rings. The molecule has 0 aliphatic carbocycles. The van der Waals surface area contributed by atoms with Gasteiger partial charge in [0.25, 0.3) is 5.91 Å². The first-order chi connectivity index (χ1) is 17.0. The van der Waals surface area contributed by atoms with Crippen LogP contribution in [0.15, 0.2) is 48.8 Å². The summed E-state index contributed by atoms with van der Waals surface area (Å²) in [6, 6.07) is 12.2. The number of pyridine rings is 1. The number of fused-ring (bicyclic) bond motifs is 1. The summed E-state index contributed by atoms with van der Waals surface area (Å²) >= 11 is 0. The smallest absolute Gasteiger partial charge is 0.321 e. The Morgan fingerprint density at radius 2 is 1.71 bits per heavy atom. The summed E-state index contributed by atoms with van der Waals surface area (Å²) in [5, 5.41) is 7.53. The summed E-state index contributed by atoms with van der Waals surface area (Å²) in [5.41, 5.74) is 4.83. The maximum absolute atomic E-state index is 13.2. The molecule has 2 aromatic heterocycles. The van der Waals surface area contributed by atoms with Crippen LogP contribution in [0.5, 0.6) is 0 Å². The van der Waals surface area contributed by atoms with Crippen LogP contribution in [0.4, 0.5) is 10.5 Å². The average molecular weight is 474 g/mol. The van der Waals surface area contributed by atoms with Gasteiger partial charge in [-0.15, -0.1) is 0 Å². The fraction of sp³-hybridized carbons (Fsp3) is 0.464. The molecular weight excluding hydrogens is 438 g/mol. The van der Waals surface area contributed by atoms with Crippen LogP contribution in [-0.2, 0) is 6.42 Å². The quantitative estimate of drug-likeness (QED) is 0.568. The first kappa shape index (κ1) is 23.4. The van der Waals surface area contributed by atoms with Crippen LogP contribution in [0.2, 0.25) is 0 Å². The molecule has 0 radical (unpaired) electrons. The molecule has 5 rings (SSSR count). The van der Waals surface area contributed by atoms with Gasteiger partial charge in [-0.05, 0) is 73.3 Å². The van der Waals surface area contributed by atoms with Crippen molar-refractivity contribution in [1.82, 2.24) is 19.4 Å². The number of hydrogen-bond acceptors (Lipinski definition) is 3. The Hall–Kier alpha value is -3.35. The number of carbonyl (C=O) groups excluding carboxylic acids is 2. The van der Waals surface area contributed by atoms with Crippen LogP contribution >= 0.6 is 0 Å². The zero-order valence-electron chi connectivity index (χ0n) is 20.7. The van der Waals surface area contributed by atoms with Crippen molar-refractivity contribution >= 4 is 23.1 Å². The molecule has 0 atom stereocenters. The summed E-state index contributed by atoms with van der Waals surface area (Å²) in [6.45, 7) is 7.42. The van der Waals surface area contributed by atoms with Gasteiger partial charge < -0.3 is 15.1 Å². The number of para-hydroxylation sites is 1. The number of rotatable bonds is 4. The third-order valence-electron chi connectivity index (χ3n) is 7.74. The topological polar surface area (TPSA) is 70.0 Å². The van der Waals surface area contributed by atoms with Gasteiger partial charge >= 0.3 is 6.03 Å². The molecule has 3 amide bonds. The Labute approximate surface area is 207 Å². The number of amides is 3. The van der Waals surface area contributed by atoms with Gasteiger partial charge in [0.15, 0.2) is 0 Å². The third-order valence-corrected chi connectivity index (χ3v) is 7.74. The van der Waals surface area contributed by atoms with Crippen molar-refractivity contribution in [2.45, 2.75) is 51.9 Å². The Kier molecular flexibility index (Phi) is 6.75. The van der Waals surface area contributed by atoms with Gasteiger partial charge in [-0.1, -0.05) is 32.0 Å². The van der Waals surface area contributed by atoms with E-state index in [-0.39, 0.29) is 11.9 Å². The average Bonchev–Trinajstić information content (AvgIpc) is 3.32. The summed E-state index contributed by atoms with van der Waals surface area (Å²) in [7, 11) is 0. The molecule has 7 heteroatoms. The van der Waals surface area contributed by atoms with Crippen molar-refractivity contribution in [3.05, 3.63) is 65.5 Å². The number of benzene rings is 1. The van der Waals surface area contributed by atoms with E-state index in [1.165, 1.54) is 5.56 Å². The van der Waals surface area contributed by atoms with E-state index in [9.17, 15) is 9.59 Å². The van der Waals surface area contributed by atoms with Crippen LogP contribution in [0.25, 0.3) is 5.52 Å². The molecule has 2 saturated heterocycles. The monoisotopic (exact) mass is 473 g/mol. The van der Waals surface area contributed by atoms with E-state index in [1.807, 2.05) is 34.2 Å². The van der Waals surface area contributed by atoms with E-state index in [2.05, 4.69) is 42.5 Å². The van der Waals surface area contributed by atoms with E-state index < -0.39 is 0 Å². The van der Waals surface area contributed by atoms with Gasteiger partial charge in [0.1, 0.15) is 0 Å². The summed E-state index contributed by atoms with van der Waals surface area (Å²) in [4.78, 5) is 30.0. The van der Waals surface area contributed by atoms with Gasteiger partial charge in [0, 0.05) is 38.1 Å². The lowest BCUT2D eigenvalue weighted by atomic mass is 9.89. The molecule has 0 saturated carbocycles. The van der Waals surface area contributed by atoms with Crippen molar-refractivity contribution in [2.75, 3.05) is 31.5 Å². The highest BCUT2D eigenvalue weighted by Gasteiger charge is 2.27. The second-order valence-electron chi connectivity index (χ2n) is 10.0. The second kappa shape index (κ2) is 10.1. The zero-order valence-corrected chi connectivity index (χ0v) is 20.7. The molecule has 3 aromatic rings. The van der Waals surface area contributed by atoms with Gasteiger partial charge in [0.05, 0.1) is 17.3 Å². The number of carbonyl (C=O) groups is 2. The molecule has 2 aliphatic rings. The van der Waals surface area contributed by atoms with Crippen LogP contribution in [0, 0.1) is 5.92 Å². The Bertz CT molecular complexity index is 1200. The first-order valence-corrected chi connectivity index (χ1v) is 12.9. The maximum atomic E-state index is 13.2. The van der Waals surface area contributed by atoms with Crippen molar-refractivity contribution in [3.63, 3.8) is 0 Å². The number of anilines is 1. The van der Waals surface area contributed by atoms with Crippen molar-refractivity contribution < 1.29 is 9.59 Å². The normalized spacial score (nSPS) is 17.7. The fourth-order valence-corrected chi connectivity index (χ4v) is 5.36. The van der Waals surface area contributed by atoms with Crippen LogP contribution in [-0.4, -0.2) is 57.5 Å². The van der Waals surface area contributed by atoms with Gasteiger partial charge in [-0.2, -0.15) is 5.10 Å². The molecule has 0 bridgehead atoms. The predicted molar refractivity (Wildman–Crippen MR) is 138 cm³/mol. The summed E-state index contributed by atoms with van der Waals surface area (Å²) in [5.74, 6) is 1.13. The molecular formula is C28H35N5O2. The summed E-state index contributed by atoms with van der Waals surface area (Å²) < 4.78 is 1.80.